The van der Waals surface area contributed by atoms with Gasteiger partial charge in [-0.15, -0.1) is 0 Å². The van der Waals surface area contributed by atoms with Gasteiger partial charge in [0.05, 0.1) is 45.7 Å². The molecule has 0 spiro atoms. The van der Waals surface area contributed by atoms with Crippen molar-refractivity contribution in [3.63, 3.8) is 0 Å². The molecule has 70 heavy (non-hydrogen) atoms. The Hall–Kier alpha value is -0.0961. The van der Waals surface area contributed by atoms with E-state index in [0.29, 0.717) is 0 Å². The van der Waals surface area contributed by atoms with E-state index in [1.54, 1.807) is 0 Å². The van der Waals surface area contributed by atoms with Crippen LogP contribution in [0, 0.1) is 6.92 Å². The minimum absolute atomic E-state index is 0. The third kappa shape index (κ3) is 13.0. The molecule has 0 amide bonds. The second-order valence-electron chi connectivity index (χ2n) is 17.2. The summed E-state index contributed by atoms with van der Waals surface area (Å²) < 4.78 is 66.4. The Morgan fingerprint density at radius 2 is 0.614 bits per heavy atom. The maximum atomic E-state index is 11.2. The van der Waals surface area contributed by atoms with Crippen molar-refractivity contribution in [1.82, 2.24) is 0 Å². The first kappa shape index (κ1) is 62.4. The molecule has 13 unspecified atom stereocenters. The summed E-state index contributed by atoms with van der Waals surface area (Å²) in [5, 5.41) is 190. The van der Waals surface area contributed by atoms with Gasteiger partial charge in [-0.3, -0.25) is 0 Å². The van der Waals surface area contributed by atoms with Crippen molar-refractivity contribution >= 4 is 0 Å². The fourth-order valence-electron chi connectivity index (χ4n) is 8.79. The van der Waals surface area contributed by atoms with E-state index in [1.165, 1.54) is 7.11 Å². The summed E-state index contributed by atoms with van der Waals surface area (Å²) in [5.74, 6) is 0. The number of methoxy groups -OCH3 is 1. The zero-order valence-corrected chi connectivity index (χ0v) is 39.6. The van der Waals surface area contributed by atoms with Crippen molar-refractivity contribution < 1.29 is 181 Å². The third-order valence-corrected chi connectivity index (χ3v) is 12.8. The van der Waals surface area contributed by atoms with Gasteiger partial charge in [0.2, 0.25) is 0 Å². The van der Waals surface area contributed by atoms with Crippen LogP contribution in [-0.4, -0.2) is 323 Å². The molecule has 6 fully saturated rings. The van der Waals surface area contributed by atoms with Gasteiger partial charge in [-0.2, -0.15) is 0 Å². The maximum absolute atomic E-state index is 11.2. The van der Waals surface area contributed by atoms with Crippen LogP contribution in [0.3, 0.4) is 0 Å². The fraction of sp³-hybridized carbons (Fsp3) is 0.974. The van der Waals surface area contributed by atoms with Crippen LogP contribution < -0.4 is 0 Å². The Morgan fingerprint density at radius 1 is 0.343 bits per heavy atom. The molecular weight excluding hydrogens is 1040 g/mol. The number of hydrogen-bond donors (Lipinski definition) is 18. The van der Waals surface area contributed by atoms with E-state index < -0.39 is 224 Å². The molecule has 0 aromatic rings. The summed E-state index contributed by atoms with van der Waals surface area (Å²) in [6.07, 6.45) is -52.5. The molecule has 0 saturated carbocycles. The van der Waals surface area contributed by atoms with E-state index in [1.807, 2.05) is 0 Å². The summed E-state index contributed by atoms with van der Waals surface area (Å²) in [5.41, 5.74) is 0. The van der Waals surface area contributed by atoms with Gasteiger partial charge in [0.1, 0.15) is 140 Å². The van der Waals surface area contributed by atoms with Gasteiger partial charge in [0, 0.05) is 39.8 Å². The van der Waals surface area contributed by atoms with Crippen LogP contribution in [0.15, 0.2) is 0 Å². The topological polar surface area (TPSA) is 475 Å². The molecule has 1 radical (unpaired) electrons. The number of ether oxygens (including phenoxy) is 12. The van der Waals surface area contributed by atoms with Crippen molar-refractivity contribution in [2.75, 3.05) is 46.8 Å². The van der Waals surface area contributed by atoms with Crippen molar-refractivity contribution in [3.8, 4) is 0 Å². The number of rotatable bonds is 17. The third-order valence-electron chi connectivity index (χ3n) is 12.8. The largest absolute Gasteiger partial charge is 0.399 e. The van der Waals surface area contributed by atoms with Crippen LogP contribution in [0.2, 0.25) is 0 Å². The molecule has 6 heterocycles. The number of aliphatic hydroxyl groups is 18. The first-order chi connectivity index (χ1) is 32.3. The van der Waals surface area contributed by atoms with Gasteiger partial charge in [0.25, 0.3) is 0 Å². The maximum Gasteiger partial charge on any atom is 0.187 e. The minimum Gasteiger partial charge on any atom is -0.399 e. The SMILES string of the molecule is C.[CH2-]C1OC(CO)[C@@H](O[C@H]2OC(CO)[C@@H](O[C@H]3OC(CO[C@H]4OC(CO)[C@@H](O[C@H]5OC(CO)[C@@H](O[C@H]6OC(CO)[C@@H](OC)[C@H](O)C6O)[C@H](O)C5O)[C@H](O)C4O)[C@@H](O)[C@H](O)C3O)[C@H](O)C2O)[C@H](O)C1O.[Y]. The zero-order valence-electron chi connectivity index (χ0n) is 36.8. The van der Waals surface area contributed by atoms with E-state index in [2.05, 4.69) is 6.92 Å². The van der Waals surface area contributed by atoms with Crippen LogP contribution in [0.5, 0.6) is 0 Å². The van der Waals surface area contributed by atoms with Crippen molar-refractivity contribution in [3.05, 3.63) is 6.92 Å². The zero-order chi connectivity index (χ0) is 50.0. The molecule has 0 aromatic carbocycles. The predicted molar refractivity (Wildman–Crippen MR) is 214 cm³/mol. The van der Waals surface area contributed by atoms with Crippen LogP contribution in [0.25, 0.3) is 0 Å². The molecule has 30 atom stereocenters. The van der Waals surface area contributed by atoms with E-state index in [-0.39, 0.29) is 40.1 Å². The van der Waals surface area contributed by atoms with E-state index in [9.17, 15) is 91.9 Å². The quantitative estimate of drug-likeness (QED) is 0.0601. The average molecular weight is 1110 g/mol. The van der Waals surface area contributed by atoms with Gasteiger partial charge in [-0.1, -0.05) is 7.43 Å². The number of aliphatic hydroxyl groups excluding tert-OH is 18. The van der Waals surface area contributed by atoms with Crippen LogP contribution in [0.4, 0.5) is 0 Å². The van der Waals surface area contributed by atoms with Gasteiger partial charge in [0.15, 0.2) is 31.5 Å². The smallest absolute Gasteiger partial charge is 0.187 e. The predicted octanol–water partition coefficient (Wildman–Crippen LogP) is -11.9. The first-order valence-electron chi connectivity index (χ1n) is 21.7. The van der Waals surface area contributed by atoms with Gasteiger partial charge in [-0.25, -0.2) is 0 Å². The molecule has 6 aliphatic rings. The van der Waals surface area contributed by atoms with Crippen molar-refractivity contribution in [1.29, 1.82) is 0 Å². The Labute approximate surface area is 425 Å². The molecule has 30 nitrogen and oxygen atoms in total. The first-order valence-corrected chi connectivity index (χ1v) is 21.7. The molecule has 6 saturated heterocycles. The summed E-state index contributed by atoms with van der Waals surface area (Å²) in [6.45, 7) is -1.56. The van der Waals surface area contributed by atoms with Gasteiger partial charge >= 0.3 is 0 Å². The normalized spacial score (nSPS) is 51.3. The molecule has 0 aromatic heterocycles. The summed E-state index contributed by atoms with van der Waals surface area (Å²) >= 11 is 0. The fourth-order valence-corrected chi connectivity index (χ4v) is 8.79. The monoisotopic (exact) mass is 1110 g/mol. The molecule has 6 rings (SSSR count). The molecular formula is C39H69O30Y-. The minimum atomic E-state index is -2.07. The van der Waals surface area contributed by atoms with Crippen LogP contribution in [0.1, 0.15) is 7.43 Å². The summed E-state index contributed by atoms with van der Waals surface area (Å²) in [6, 6.07) is 0. The Kier molecular flexibility index (Phi) is 24.3. The molecule has 0 bridgehead atoms. The molecule has 31 heteroatoms. The Bertz CT molecular complexity index is 1520. The van der Waals surface area contributed by atoms with Gasteiger partial charge in [-0.05, 0) is 6.10 Å². The molecule has 18 N–H and O–H groups in total. The Morgan fingerprint density at radius 3 is 0.971 bits per heavy atom. The van der Waals surface area contributed by atoms with Crippen LogP contribution >= 0.6 is 0 Å². The second-order valence-corrected chi connectivity index (χ2v) is 17.2. The van der Waals surface area contributed by atoms with E-state index in [0.717, 1.165) is 0 Å². The molecule has 409 valence electrons. The standard InChI is InChI=1S/C38H65O30.CH4.Y/c1-9-16(44)19(47)30(11(4-40)59-9)65-37-27(55)22(50)32(13(6-42)62-37)66-35-24(52)18(46)17(45)15(64-35)8-58-34-25(53)21(49)31(12(5-41)60-34)67-38-28(56)23(51)33(14(7-43)63-38)68-36-26(54)20(48)29(57-2)10(3-39)61-36;;/h9-56H,1,3-8H2,2H3;1H4;/q-1;;/t9?,10?,11?,12?,13?,14?,15?,16?,17-,18+,19-,20-,21-,22-,23-,24?,25?,26?,27?,28?,29-,30-,31-,32-,33-,34+,35-,36-,37-,38-;;/m1../s1. The Balaban J connectivity index is 0.00000533. The van der Waals surface area contributed by atoms with Crippen LogP contribution in [-0.2, 0) is 89.6 Å². The van der Waals surface area contributed by atoms with E-state index in [4.69, 9.17) is 56.8 Å². The van der Waals surface area contributed by atoms with Crippen molar-refractivity contribution in [2.45, 2.75) is 191 Å². The second kappa shape index (κ2) is 27.3. The average Bonchev–Trinajstić information content (AvgIpc) is 3.33. The summed E-state index contributed by atoms with van der Waals surface area (Å²) in [4.78, 5) is 0. The van der Waals surface area contributed by atoms with Crippen molar-refractivity contribution in [2.24, 2.45) is 0 Å². The molecule has 0 aliphatic carbocycles. The summed E-state index contributed by atoms with van der Waals surface area (Å²) in [7, 11) is 1.20. The molecule has 6 aliphatic heterocycles. The number of hydrogen-bond acceptors (Lipinski definition) is 30. The van der Waals surface area contributed by atoms with E-state index >= 15 is 0 Å². The van der Waals surface area contributed by atoms with Gasteiger partial charge < -0.3 is 156 Å².